The summed E-state index contributed by atoms with van der Waals surface area (Å²) in [5.41, 5.74) is 1.14. The van der Waals surface area contributed by atoms with Gasteiger partial charge in [-0.25, -0.2) is 4.79 Å². The SMILES string of the molecule is CCOC(=O)C(CC)Oc1ccc(CNC)cc1Br. The Morgan fingerprint density at radius 2 is 2.16 bits per heavy atom. The van der Waals surface area contributed by atoms with E-state index in [1.165, 1.54) is 0 Å². The molecule has 1 aromatic carbocycles. The highest BCUT2D eigenvalue weighted by molar-refractivity contribution is 9.10. The zero-order chi connectivity index (χ0) is 14.3. The minimum atomic E-state index is -0.564. The number of nitrogens with one attached hydrogen (secondary N) is 1. The molecule has 1 N–H and O–H groups in total. The molecule has 0 spiro atoms. The van der Waals surface area contributed by atoms with Gasteiger partial charge in [-0.3, -0.25) is 0 Å². The molecule has 0 fully saturated rings. The van der Waals surface area contributed by atoms with E-state index in [0.29, 0.717) is 18.8 Å². The predicted octanol–water partition coefficient (Wildman–Crippen LogP) is 2.89. The van der Waals surface area contributed by atoms with Gasteiger partial charge in [0.1, 0.15) is 5.75 Å². The van der Waals surface area contributed by atoms with E-state index in [2.05, 4.69) is 21.2 Å². The zero-order valence-electron chi connectivity index (χ0n) is 11.5. The van der Waals surface area contributed by atoms with Crippen molar-refractivity contribution in [3.8, 4) is 5.75 Å². The summed E-state index contributed by atoms with van der Waals surface area (Å²) in [5, 5.41) is 3.08. The molecule has 1 aromatic rings. The van der Waals surface area contributed by atoms with Crippen LogP contribution in [0.25, 0.3) is 0 Å². The lowest BCUT2D eigenvalue weighted by Gasteiger charge is -2.17. The fourth-order valence-corrected chi connectivity index (χ4v) is 2.16. The van der Waals surface area contributed by atoms with Crippen LogP contribution in [-0.4, -0.2) is 25.7 Å². The van der Waals surface area contributed by atoms with Crippen molar-refractivity contribution in [2.24, 2.45) is 0 Å². The molecule has 1 atom stereocenters. The van der Waals surface area contributed by atoms with Crippen molar-refractivity contribution in [1.29, 1.82) is 0 Å². The molecule has 0 heterocycles. The molecule has 0 saturated heterocycles. The van der Waals surface area contributed by atoms with Gasteiger partial charge in [-0.1, -0.05) is 13.0 Å². The van der Waals surface area contributed by atoms with E-state index in [9.17, 15) is 4.79 Å². The molecule has 0 aliphatic rings. The smallest absolute Gasteiger partial charge is 0.347 e. The van der Waals surface area contributed by atoms with Crippen LogP contribution in [0, 0.1) is 0 Å². The predicted molar refractivity (Wildman–Crippen MR) is 78.2 cm³/mol. The van der Waals surface area contributed by atoms with Crippen LogP contribution >= 0.6 is 15.9 Å². The first-order valence-electron chi connectivity index (χ1n) is 6.38. The topological polar surface area (TPSA) is 47.6 Å². The fraction of sp³-hybridized carbons (Fsp3) is 0.500. The van der Waals surface area contributed by atoms with Crippen molar-refractivity contribution >= 4 is 21.9 Å². The number of ether oxygens (including phenoxy) is 2. The summed E-state index contributed by atoms with van der Waals surface area (Å²) >= 11 is 3.46. The summed E-state index contributed by atoms with van der Waals surface area (Å²) in [4.78, 5) is 11.7. The molecule has 1 rings (SSSR count). The largest absolute Gasteiger partial charge is 0.478 e. The molecule has 0 radical (unpaired) electrons. The first-order valence-corrected chi connectivity index (χ1v) is 7.18. The summed E-state index contributed by atoms with van der Waals surface area (Å²) in [6.45, 7) is 4.83. The monoisotopic (exact) mass is 329 g/mol. The molecular weight excluding hydrogens is 310 g/mol. The van der Waals surface area contributed by atoms with Crippen molar-refractivity contribution in [2.75, 3.05) is 13.7 Å². The third kappa shape index (κ3) is 4.84. The first kappa shape index (κ1) is 16.0. The molecule has 0 saturated carbocycles. The molecule has 1 unspecified atom stereocenters. The minimum absolute atomic E-state index is 0.323. The summed E-state index contributed by atoms with van der Waals surface area (Å²) in [5.74, 6) is 0.330. The molecule has 19 heavy (non-hydrogen) atoms. The van der Waals surface area contributed by atoms with Gasteiger partial charge in [0, 0.05) is 6.54 Å². The van der Waals surface area contributed by atoms with E-state index < -0.39 is 6.10 Å². The third-order valence-electron chi connectivity index (χ3n) is 2.57. The van der Waals surface area contributed by atoms with Gasteiger partial charge in [-0.05, 0) is 54.0 Å². The highest BCUT2D eigenvalue weighted by atomic mass is 79.9. The molecule has 0 bridgehead atoms. The Bertz CT molecular complexity index is 423. The molecule has 5 heteroatoms. The number of carbonyl (C=O) groups excluding carboxylic acids is 1. The number of hydrogen-bond acceptors (Lipinski definition) is 4. The quantitative estimate of drug-likeness (QED) is 0.781. The Hall–Kier alpha value is -1.07. The number of halogens is 1. The number of carbonyl (C=O) groups is 1. The molecule has 4 nitrogen and oxygen atoms in total. The van der Waals surface area contributed by atoms with Crippen molar-refractivity contribution < 1.29 is 14.3 Å². The maximum Gasteiger partial charge on any atom is 0.347 e. The Morgan fingerprint density at radius 1 is 1.42 bits per heavy atom. The molecule has 0 aliphatic carbocycles. The molecule has 0 amide bonds. The van der Waals surface area contributed by atoms with Gasteiger partial charge in [-0.15, -0.1) is 0 Å². The third-order valence-corrected chi connectivity index (χ3v) is 3.19. The van der Waals surface area contributed by atoms with Gasteiger partial charge in [0.25, 0.3) is 0 Å². The van der Waals surface area contributed by atoms with Crippen molar-refractivity contribution in [3.63, 3.8) is 0 Å². The van der Waals surface area contributed by atoms with E-state index in [0.717, 1.165) is 16.6 Å². The fourth-order valence-electron chi connectivity index (χ4n) is 1.64. The Balaban J connectivity index is 2.77. The second-order valence-corrected chi connectivity index (χ2v) is 4.92. The van der Waals surface area contributed by atoms with Crippen LogP contribution in [0.2, 0.25) is 0 Å². The summed E-state index contributed by atoms with van der Waals surface area (Å²) in [6, 6.07) is 5.80. The number of benzene rings is 1. The average molecular weight is 330 g/mol. The van der Waals surface area contributed by atoms with Crippen LogP contribution < -0.4 is 10.1 Å². The maximum absolute atomic E-state index is 11.7. The number of rotatable bonds is 7. The highest BCUT2D eigenvalue weighted by Crippen LogP contribution is 2.27. The standard InChI is InChI=1S/C14H20BrNO3/c1-4-12(14(17)18-5-2)19-13-7-6-10(9-16-3)8-11(13)15/h6-8,12,16H,4-5,9H2,1-3H3. The molecule has 0 aliphatic heterocycles. The lowest BCUT2D eigenvalue weighted by atomic mass is 10.2. The van der Waals surface area contributed by atoms with Crippen LogP contribution in [0.15, 0.2) is 22.7 Å². The van der Waals surface area contributed by atoms with Crippen LogP contribution in [0.5, 0.6) is 5.75 Å². The maximum atomic E-state index is 11.7. The lowest BCUT2D eigenvalue weighted by Crippen LogP contribution is -2.28. The lowest BCUT2D eigenvalue weighted by molar-refractivity contribution is -0.151. The van der Waals surface area contributed by atoms with E-state index in [4.69, 9.17) is 9.47 Å². The zero-order valence-corrected chi connectivity index (χ0v) is 13.1. The number of esters is 1. The second-order valence-electron chi connectivity index (χ2n) is 4.06. The average Bonchev–Trinajstić information content (AvgIpc) is 2.38. The van der Waals surface area contributed by atoms with Gasteiger partial charge >= 0.3 is 5.97 Å². The van der Waals surface area contributed by atoms with E-state index in [-0.39, 0.29) is 5.97 Å². The summed E-state index contributed by atoms with van der Waals surface area (Å²) in [6.07, 6.45) is 0.00944. The van der Waals surface area contributed by atoms with Crippen LogP contribution in [0.1, 0.15) is 25.8 Å². The van der Waals surface area contributed by atoms with E-state index >= 15 is 0 Å². The second kappa shape index (κ2) is 8.17. The van der Waals surface area contributed by atoms with Crippen LogP contribution in [-0.2, 0) is 16.1 Å². The van der Waals surface area contributed by atoms with Gasteiger partial charge in [0.05, 0.1) is 11.1 Å². The van der Waals surface area contributed by atoms with Crippen molar-refractivity contribution in [2.45, 2.75) is 32.9 Å². The summed E-state index contributed by atoms with van der Waals surface area (Å²) in [7, 11) is 1.90. The van der Waals surface area contributed by atoms with Gasteiger partial charge in [0.2, 0.25) is 0 Å². The molecular formula is C14H20BrNO3. The van der Waals surface area contributed by atoms with Crippen molar-refractivity contribution in [1.82, 2.24) is 5.32 Å². The molecule has 0 aromatic heterocycles. The minimum Gasteiger partial charge on any atom is -0.478 e. The Morgan fingerprint density at radius 3 is 2.68 bits per heavy atom. The normalized spacial score (nSPS) is 12.0. The van der Waals surface area contributed by atoms with E-state index in [1.807, 2.05) is 32.2 Å². The van der Waals surface area contributed by atoms with Gasteiger partial charge in [-0.2, -0.15) is 0 Å². The Kier molecular flexibility index (Phi) is 6.87. The van der Waals surface area contributed by atoms with Crippen LogP contribution in [0.4, 0.5) is 0 Å². The van der Waals surface area contributed by atoms with Gasteiger partial charge in [0.15, 0.2) is 6.10 Å². The first-order chi connectivity index (χ1) is 9.12. The Labute approximate surface area is 122 Å². The highest BCUT2D eigenvalue weighted by Gasteiger charge is 2.20. The van der Waals surface area contributed by atoms with Crippen LogP contribution in [0.3, 0.4) is 0 Å². The van der Waals surface area contributed by atoms with E-state index in [1.54, 1.807) is 6.92 Å². The van der Waals surface area contributed by atoms with Crippen molar-refractivity contribution in [3.05, 3.63) is 28.2 Å². The summed E-state index contributed by atoms with van der Waals surface area (Å²) < 4.78 is 11.5. The van der Waals surface area contributed by atoms with Gasteiger partial charge < -0.3 is 14.8 Å². The molecule has 106 valence electrons. The number of hydrogen-bond donors (Lipinski definition) is 1.